The molecule has 3 heteroatoms. The van der Waals surface area contributed by atoms with E-state index in [4.69, 9.17) is 4.74 Å². The van der Waals surface area contributed by atoms with Crippen LogP contribution in [0.5, 0.6) is 5.75 Å². The zero-order valence-electron chi connectivity index (χ0n) is 10.5. The highest BCUT2D eigenvalue weighted by molar-refractivity contribution is 5.98. The third-order valence-corrected chi connectivity index (χ3v) is 3.39. The number of carbonyl (C=O) groups is 1. The lowest BCUT2D eigenvalue weighted by molar-refractivity contribution is 0.0895. The quantitative estimate of drug-likeness (QED) is 0.813. The summed E-state index contributed by atoms with van der Waals surface area (Å²) in [6.45, 7) is 3.87. The second-order valence-electron chi connectivity index (χ2n) is 4.57. The molecule has 0 atom stereocenters. The fourth-order valence-corrected chi connectivity index (χ4v) is 2.35. The topological polar surface area (TPSA) is 38.3 Å². The van der Waals surface area contributed by atoms with Crippen molar-refractivity contribution >= 4 is 5.78 Å². The van der Waals surface area contributed by atoms with Gasteiger partial charge in [0.1, 0.15) is 5.75 Å². The van der Waals surface area contributed by atoms with E-state index in [0.29, 0.717) is 0 Å². The number of carbonyl (C=O) groups excluding carboxylic acids is 1. The Kier molecular flexibility index (Phi) is 3.79. The first-order valence-corrected chi connectivity index (χ1v) is 6.12. The van der Waals surface area contributed by atoms with Crippen molar-refractivity contribution in [2.45, 2.75) is 19.8 Å². The molecule has 0 amide bonds. The fraction of sp³-hybridized carbons (Fsp3) is 0.500. The maximum atomic E-state index is 12.3. The van der Waals surface area contributed by atoms with Crippen LogP contribution in [0.1, 0.15) is 28.8 Å². The minimum Gasteiger partial charge on any atom is -0.496 e. The van der Waals surface area contributed by atoms with Crippen molar-refractivity contribution in [3.05, 3.63) is 29.3 Å². The number of benzene rings is 1. The highest BCUT2D eigenvalue weighted by Crippen LogP contribution is 2.23. The number of rotatable bonds is 3. The summed E-state index contributed by atoms with van der Waals surface area (Å²) in [4.78, 5) is 12.3. The first kappa shape index (κ1) is 12.1. The van der Waals surface area contributed by atoms with Gasteiger partial charge >= 0.3 is 0 Å². The number of Topliss-reactive ketones (excluding diaryl/α,β-unsaturated/α-hetero) is 1. The van der Waals surface area contributed by atoms with Gasteiger partial charge in [-0.15, -0.1) is 0 Å². The van der Waals surface area contributed by atoms with E-state index in [9.17, 15) is 4.79 Å². The van der Waals surface area contributed by atoms with E-state index >= 15 is 0 Å². The van der Waals surface area contributed by atoms with E-state index in [2.05, 4.69) is 5.32 Å². The minimum absolute atomic E-state index is 0.184. The normalized spacial score (nSPS) is 16.8. The summed E-state index contributed by atoms with van der Waals surface area (Å²) in [6.07, 6.45) is 1.90. The second-order valence-corrected chi connectivity index (χ2v) is 4.57. The predicted octanol–water partition coefficient (Wildman–Crippen LogP) is 2.19. The maximum Gasteiger partial charge on any atom is 0.166 e. The number of methoxy groups -OCH3 is 1. The molecule has 92 valence electrons. The van der Waals surface area contributed by atoms with Crippen LogP contribution in [-0.4, -0.2) is 26.0 Å². The monoisotopic (exact) mass is 233 g/mol. The summed E-state index contributed by atoms with van der Waals surface area (Å²) in [7, 11) is 1.65. The number of nitrogens with one attached hydrogen (secondary N) is 1. The standard InChI is InChI=1S/C14H19NO2/c1-10-9-12(3-4-13(10)17-2)14(16)11-5-7-15-8-6-11/h3-4,9,11,15H,5-8H2,1-2H3. The molecule has 0 aromatic heterocycles. The van der Waals surface area contributed by atoms with Crippen molar-refractivity contribution in [2.24, 2.45) is 5.92 Å². The van der Waals surface area contributed by atoms with Gasteiger partial charge in [-0.3, -0.25) is 4.79 Å². The molecule has 3 nitrogen and oxygen atoms in total. The molecular weight excluding hydrogens is 214 g/mol. The molecule has 0 spiro atoms. The summed E-state index contributed by atoms with van der Waals surface area (Å²) >= 11 is 0. The molecule has 1 aliphatic heterocycles. The SMILES string of the molecule is COc1ccc(C(=O)C2CCNCC2)cc1C. The minimum atomic E-state index is 0.184. The highest BCUT2D eigenvalue weighted by Gasteiger charge is 2.22. The molecule has 1 fully saturated rings. The van der Waals surface area contributed by atoms with E-state index in [1.54, 1.807) is 7.11 Å². The van der Waals surface area contributed by atoms with Gasteiger partial charge in [0.25, 0.3) is 0 Å². The van der Waals surface area contributed by atoms with Crippen molar-refractivity contribution in [3.8, 4) is 5.75 Å². The van der Waals surface area contributed by atoms with E-state index in [0.717, 1.165) is 42.8 Å². The average Bonchev–Trinajstić information content (AvgIpc) is 2.39. The molecule has 1 N–H and O–H groups in total. The van der Waals surface area contributed by atoms with E-state index in [1.807, 2.05) is 25.1 Å². The highest BCUT2D eigenvalue weighted by atomic mass is 16.5. The Hall–Kier alpha value is -1.35. The second kappa shape index (κ2) is 5.32. The van der Waals surface area contributed by atoms with Crippen LogP contribution in [-0.2, 0) is 0 Å². The van der Waals surface area contributed by atoms with Crippen LogP contribution in [0.4, 0.5) is 0 Å². The van der Waals surface area contributed by atoms with Gasteiger partial charge in [0.15, 0.2) is 5.78 Å². The molecule has 0 radical (unpaired) electrons. The van der Waals surface area contributed by atoms with Gasteiger partial charge in [0, 0.05) is 11.5 Å². The number of ketones is 1. The fourth-order valence-electron chi connectivity index (χ4n) is 2.35. The summed E-state index contributed by atoms with van der Waals surface area (Å²) in [5, 5.41) is 3.28. The lowest BCUT2D eigenvalue weighted by Crippen LogP contribution is -2.31. The van der Waals surface area contributed by atoms with Gasteiger partial charge in [0.05, 0.1) is 7.11 Å². The molecule has 17 heavy (non-hydrogen) atoms. The zero-order valence-corrected chi connectivity index (χ0v) is 10.5. The maximum absolute atomic E-state index is 12.3. The van der Waals surface area contributed by atoms with Crippen LogP contribution in [0.2, 0.25) is 0 Å². The van der Waals surface area contributed by atoms with Gasteiger partial charge in [0.2, 0.25) is 0 Å². The summed E-state index contributed by atoms with van der Waals surface area (Å²) in [5.41, 5.74) is 1.84. The number of piperidine rings is 1. The van der Waals surface area contributed by atoms with Crippen molar-refractivity contribution in [2.75, 3.05) is 20.2 Å². The Labute approximate surface area is 102 Å². The zero-order chi connectivity index (χ0) is 12.3. The first-order valence-electron chi connectivity index (χ1n) is 6.12. The molecular formula is C14H19NO2. The molecule has 1 aromatic carbocycles. The number of ether oxygens (including phenoxy) is 1. The van der Waals surface area contributed by atoms with E-state index < -0.39 is 0 Å². The summed E-state index contributed by atoms with van der Waals surface area (Å²) in [5.74, 6) is 1.30. The Morgan fingerprint density at radius 3 is 2.65 bits per heavy atom. The number of aryl methyl sites for hydroxylation is 1. The van der Waals surface area contributed by atoms with Gasteiger partial charge in [-0.25, -0.2) is 0 Å². The largest absolute Gasteiger partial charge is 0.496 e. The van der Waals surface area contributed by atoms with Crippen molar-refractivity contribution in [1.82, 2.24) is 5.32 Å². The third-order valence-electron chi connectivity index (χ3n) is 3.39. The molecule has 0 aliphatic carbocycles. The lowest BCUT2D eigenvalue weighted by Gasteiger charge is -2.21. The lowest BCUT2D eigenvalue weighted by atomic mass is 9.89. The number of hydrogen-bond donors (Lipinski definition) is 1. The molecule has 0 bridgehead atoms. The van der Waals surface area contributed by atoms with E-state index in [-0.39, 0.29) is 11.7 Å². The van der Waals surface area contributed by atoms with Gasteiger partial charge in [-0.2, -0.15) is 0 Å². The first-order chi connectivity index (χ1) is 8.22. The molecule has 1 aromatic rings. The van der Waals surface area contributed by atoms with Gasteiger partial charge < -0.3 is 10.1 Å². The van der Waals surface area contributed by atoms with E-state index in [1.165, 1.54) is 0 Å². The average molecular weight is 233 g/mol. The Morgan fingerprint density at radius 2 is 2.06 bits per heavy atom. The summed E-state index contributed by atoms with van der Waals surface area (Å²) < 4.78 is 5.20. The molecule has 0 unspecified atom stereocenters. The summed E-state index contributed by atoms with van der Waals surface area (Å²) in [6, 6.07) is 5.68. The van der Waals surface area contributed by atoms with Crippen molar-refractivity contribution in [3.63, 3.8) is 0 Å². The Bertz CT molecular complexity index is 409. The Morgan fingerprint density at radius 1 is 1.35 bits per heavy atom. The van der Waals surface area contributed by atoms with Crippen LogP contribution in [0.3, 0.4) is 0 Å². The predicted molar refractivity (Wildman–Crippen MR) is 67.7 cm³/mol. The van der Waals surface area contributed by atoms with Crippen LogP contribution in [0.15, 0.2) is 18.2 Å². The molecule has 1 heterocycles. The molecule has 2 rings (SSSR count). The molecule has 0 saturated carbocycles. The van der Waals surface area contributed by atoms with Crippen LogP contribution >= 0.6 is 0 Å². The Balaban J connectivity index is 2.16. The van der Waals surface area contributed by atoms with Gasteiger partial charge in [-0.1, -0.05) is 0 Å². The molecule has 1 aliphatic rings. The van der Waals surface area contributed by atoms with Crippen LogP contribution in [0.25, 0.3) is 0 Å². The number of hydrogen-bond acceptors (Lipinski definition) is 3. The smallest absolute Gasteiger partial charge is 0.166 e. The van der Waals surface area contributed by atoms with Crippen molar-refractivity contribution < 1.29 is 9.53 Å². The molecule has 1 saturated heterocycles. The van der Waals surface area contributed by atoms with Crippen molar-refractivity contribution in [1.29, 1.82) is 0 Å². The van der Waals surface area contributed by atoms with Crippen LogP contribution in [0, 0.1) is 12.8 Å². The third kappa shape index (κ3) is 2.67. The van der Waals surface area contributed by atoms with Crippen LogP contribution < -0.4 is 10.1 Å². The van der Waals surface area contributed by atoms with Gasteiger partial charge in [-0.05, 0) is 56.6 Å².